The summed E-state index contributed by atoms with van der Waals surface area (Å²) in [4.78, 5) is 14.8. The maximum Gasteiger partial charge on any atom is 0.251 e. The Morgan fingerprint density at radius 1 is 1.03 bits per heavy atom. The van der Waals surface area contributed by atoms with Crippen LogP contribution in [-0.2, 0) is 5.75 Å². The number of ether oxygens (including phenoxy) is 1. The number of hydrogen-bond acceptors (Lipinski definition) is 7. The van der Waals surface area contributed by atoms with E-state index in [1.807, 2.05) is 42.5 Å². The minimum absolute atomic E-state index is 0.0566. The van der Waals surface area contributed by atoms with Gasteiger partial charge < -0.3 is 19.4 Å². The van der Waals surface area contributed by atoms with Crippen molar-refractivity contribution in [3.05, 3.63) is 66.1 Å². The molecule has 0 radical (unpaired) electrons. The van der Waals surface area contributed by atoms with Gasteiger partial charge in [-0.05, 0) is 62.3 Å². The highest BCUT2D eigenvalue weighted by Gasteiger charge is 2.12. The molecule has 0 unspecified atom stereocenters. The molecule has 1 amide bonds. The number of hydrogen-bond donors (Lipinski definition) is 1. The third-order valence-corrected chi connectivity index (χ3v) is 6.39. The van der Waals surface area contributed by atoms with Crippen LogP contribution in [0.25, 0.3) is 11.5 Å². The van der Waals surface area contributed by atoms with Crippen molar-refractivity contribution in [2.75, 3.05) is 38.5 Å². The van der Waals surface area contributed by atoms with E-state index in [-0.39, 0.29) is 5.91 Å². The van der Waals surface area contributed by atoms with Gasteiger partial charge in [0.25, 0.3) is 5.91 Å². The lowest BCUT2D eigenvalue weighted by Crippen LogP contribution is -2.37. The van der Waals surface area contributed by atoms with Gasteiger partial charge in [-0.2, -0.15) is 0 Å². The average Bonchev–Trinajstić information content (AvgIpc) is 3.34. The molecule has 2 heterocycles. The van der Waals surface area contributed by atoms with Gasteiger partial charge in [0.1, 0.15) is 5.75 Å². The van der Waals surface area contributed by atoms with Gasteiger partial charge in [-0.25, -0.2) is 0 Å². The molecule has 1 N–H and O–H groups in total. The quantitative estimate of drug-likeness (QED) is 0.423. The molecule has 0 aliphatic carbocycles. The van der Waals surface area contributed by atoms with Gasteiger partial charge in [0.2, 0.25) is 11.8 Å². The standard InChI is InChI=1S/C25H30N4O3S/c30-24(26-13-16-29-14-5-2-6-15-29)20-9-11-21(12-10-20)25-28-27-23(32-25)19-33-18-17-31-22-7-3-1-4-8-22/h1,3-4,7-12H,2,5-6,13-19H2,(H,26,30). The summed E-state index contributed by atoms with van der Waals surface area (Å²) in [6.07, 6.45) is 3.83. The summed E-state index contributed by atoms with van der Waals surface area (Å²) in [7, 11) is 0. The lowest BCUT2D eigenvalue weighted by molar-refractivity contribution is 0.0946. The highest BCUT2D eigenvalue weighted by atomic mass is 32.2. The Balaban J connectivity index is 1.18. The van der Waals surface area contributed by atoms with Crippen LogP contribution in [0.1, 0.15) is 35.5 Å². The van der Waals surface area contributed by atoms with Crippen LogP contribution >= 0.6 is 11.8 Å². The molecule has 174 valence electrons. The van der Waals surface area contributed by atoms with Gasteiger partial charge in [-0.3, -0.25) is 4.79 Å². The summed E-state index contributed by atoms with van der Waals surface area (Å²) in [5, 5.41) is 11.3. The zero-order chi connectivity index (χ0) is 22.7. The third kappa shape index (κ3) is 7.33. The SMILES string of the molecule is O=C(NCCN1CCCCC1)c1ccc(-c2nnc(CSCCOc3ccccc3)o2)cc1. The number of rotatable bonds is 11. The lowest BCUT2D eigenvalue weighted by atomic mass is 10.1. The van der Waals surface area contributed by atoms with E-state index in [0.29, 0.717) is 36.2 Å². The van der Waals surface area contributed by atoms with E-state index in [9.17, 15) is 4.79 Å². The number of para-hydroxylation sites is 1. The summed E-state index contributed by atoms with van der Waals surface area (Å²) in [6, 6.07) is 17.1. The fourth-order valence-corrected chi connectivity index (χ4v) is 4.34. The summed E-state index contributed by atoms with van der Waals surface area (Å²) < 4.78 is 11.5. The molecule has 8 heteroatoms. The fraction of sp³-hybridized carbons (Fsp3) is 0.400. The second kappa shape index (κ2) is 12.4. The lowest BCUT2D eigenvalue weighted by Gasteiger charge is -2.26. The predicted molar refractivity (Wildman–Crippen MR) is 130 cm³/mol. The molecule has 1 aliphatic rings. The Morgan fingerprint density at radius 3 is 2.61 bits per heavy atom. The molecule has 7 nitrogen and oxygen atoms in total. The molecular formula is C25H30N4O3S. The first-order chi connectivity index (χ1) is 16.3. The monoisotopic (exact) mass is 466 g/mol. The van der Waals surface area contributed by atoms with Crippen molar-refractivity contribution in [1.82, 2.24) is 20.4 Å². The molecule has 1 aliphatic heterocycles. The summed E-state index contributed by atoms with van der Waals surface area (Å²) >= 11 is 1.68. The van der Waals surface area contributed by atoms with E-state index in [4.69, 9.17) is 9.15 Å². The summed E-state index contributed by atoms with van der Waals surface area (Å²) in [6.45, 7) is 4.47. The zero-order valence-corrected chi connectivity index (χ0v) is 19.6. The van der Waals surface area contributed by atoms with E-state index >= 15 is 0 Å². The Labute approximate surface area is 198 Å². The highest BCUT2D eigenvalue weighted by Crippen LogP contribution is 2.21. The van der Waals surface area contributed by atoms with Crippen LogP contribution in [0.4, 0.5) is 0 Å². The van der Waals surface area contributed by atoms with Crippen LogP contribution < -0.4 is 10.1 Å². The Hall–Kier alpha value is -2.84. The molecule has 0 bridgehead atoms. The fourth-order valence-electron chi connectivity index (χ4n) is 3.70. The van der Waals surface area contributed by atoms with Gasteiger partial charge >= 0.3 is 0 Å². The number of amides is 1. The zero-order valence-electron chi connectivity index (χ0n) is 18.7. The maximum atomic E-state index is 12.4. The van der Waals surface area contributed by atoms with Crippen molar-refractivity contribution in [1.29, 1.82) is 0 Å². The molecular weight excluding hydrogens is 436 g/mol. The minimum atomic E-state index is -0.0566. The largest absolute Gasteiger partial charge is 0.493 e. The van der Waals surface area contributed by atoms with Gasteiger partial charge in [-0.1, -0.05) is 24.6 Å². The van der Waals surface area contributed by atoms with Crippen molar-refractivity contribution in [2.24, 2.45) is 0 Å². The number of aromatic nitrogens is 2. The third-order valence-electron chi connectivity index (χ3n) is 5.49. The van der Waals surface area contributed by atoms with Crippen molar-refractivity contribution in [2.45, 2.75) is 25.0 Å². The van der Waals surface area contributed by atoms with Gasteiger partial charge in [0, 0.05) is 30.0 Å². The minimum Gasteiger partial charge on any atom is -0.493 e. The number of benzene rings is 2. The second-order valence-electron chi connectivity index (χ2n) is 7.95. The number of carbonyl (C=O) groups excluding carboxylic acids is 1. The van der Waals surface area contributed by atoms with Crippen LogP contribution in [0.5, 0.6) is 5.75 Å². The predicted octanol–water partition coefficient (Wildman–Crippen LogP) is 4.26. The highest BCUT2D eigenvalue weighted by molar-refractivity contribution is 7.98. The van der Waals surface area contributed by atoms with Crippen molar-refractivity contribution >= 4 is 17.7 Å². The van der Waals surface area contributed by atoms with Crippen molar-refractivity contribution in [3.63, 3.8) is 0 Å². The Kier molecular flexibility index (Phi) is 8.77. The molecule has 4 rings (SSSR count). The first-order valence-corrected chi connectivity index (χ1v) is 12.6. The molecule has 0 saturated carbocycles. The normalized spacial score (nSPS) is 14.2. The molecule has 1 aromatic heterocycles. The second-order valence-corrected chi connectivity index (χ2v) is 9.06. The number of piperidine rings is 1. The number of thioether (sulfide) groups is 1. The molecule has 1 saturated heterocycles. The first-order valence-electron chi connectivity index (χ1n) is 11.5. The topological polar surface area (TPSA) is 80.5 Å². The van der Waals surface area contributed by atoms with Crippen LogP contribution in [0.15, 0.2) is 59.0 Å². The molecule has 3 aromatic rings. The van der Waals surface area contributed by atoms with Gasteiger partial charge in [0.05, 0.1) is 12.4 Å². The van der Waals surface area contributed by atoms with Crippen LogP contribution in [0.3, 0.4) is 0 Å². The molecule has 33 heavy (non-hydrogen) atoms. The summed E-state index contributed by atoms with van der Waals surface area (Å²) in [5.41, 5.74) is 1.43. The average molecular weight is 467 g/mol. The van der Waals surface area contributed by atoms with Crippen LogP contribution in [-0.4, -0.2) is 59.5 Å². The molecule has 1 fully saturated rings. The van der Waals surface area contributed by atoms with Crippen LogP contribution in [0, 0.1) is 0 Å². The molecule has 2 aromatic carbocycles. The number of likely N-dealkylation sites (tertiary alicyclic amines) is 1. The first kappa shape index (κ1) is 23.3. The Bertz CT molecular complexity index is 988. The van der Waals surface area contributed by atoms with Crippen molar-refractivity contribution < 1.29 is 13.9 Å². The van der Waals surface area contributed by atoms with E-state index in [1.165, 1.54) is 19.3 Å². The van der Waals surface area contributed by atoms with E-state index < -0.39 is 0 Å². The van der Waals surface area contributed by atoms with Crippen molar-refractivity contribution in [3.8, 4) is 17.2 Å². The maximum absolute atomic E-state index is 12.4. The van der Waals surface area contributed by atoms with Gasteiger partial charge in [0.15, 0.2) is 0 Å². The number of carbonyl (C=O) groups is 1. The smallest absolute Gasteiger partial charge is 0.251 e. The number of nitrogens with zero attached hydrogens (tertiary/aromatic N) is 3. The molecule has 0 atom stereocenters. The Morgan fingerprint density at radius 2 is 1.82 bits per heavy atom. The van der Waals surface area contributed by atoms with Gasteiger partial charge in [-0.15, -0.1) is 22.0 Å². The number of nitrogens with one attached hydrogen (secondary N) is 1. The van der Waals surface area contributed by atoms with Crippen LogP contribution in [0.2, 0.25) is 0 Å². The van der Waals surface area contributed by atoms with E-state index in [2.05, 4.69) is 20.4 Å². The summed E-state index contributed by atoms with van der Waals surface area (Å²) in [5.74, 6) is 3.31. The molecule has 0 spiro atoms. The van der Waals surface area contributed by atoms with E-state index in [0.717, 1.165) is 36.7 Å². The van der Waals surface area contributed by atoms with E-state index in [1.54, 1.807) is 23.9 Å².